The molecule has 0 radical (unpaired) electrons. The van der Waals surface area contributed by atoms with E-state index in [1.807, 2.05) is 0 Å². The van der Waals surface area contributed by atoms with Crippen LogP contribution in [0, 0.1) is 12.3 Å². The molecule has 0 spiro atoms. The summed E-state index contributed by atoms with van der Waals surface area (Å²) >= 11 is 0. The predicted octanol–water partition coefficient (Wildman–Crippen LogP) is 3.05. The normalized spacial score (nSPS) is 10.4. The van der Waals surface area contributed by atoms with Gasteiger partial charge < -0.3 is 20.1 Å². The van der Waals surface area contributed by atoms with E-state index in [2.05, 4.69) is 21.3 Å². The molecule has 8 heteroatoms. The highest BCUT2D eigenvalue weighted by atomic mass is 19.3. The van der Waals surface area contributed by atoms with Gasteiger partial charge in [0.25, 0.3) is 0 Å². The number of hydrogen-bond donors (Lipinski definition) is 2. The summed E-state index contributed by atoms with van der Waals surface area (Å²) in [7, 11) is 1.31. The molecule has 0 saturated carbocycles. The van der Waals surface area contributed by atoms with Crippen LogP contribution in [0.5, 0.6) is 11.5 Å². The first-order valence-electron chi connectivity index (χ1n) is 8.36. The van der Waals surface area contributed by atoms with Crippen LogP contribution < -0.4 is 20.1 Å². The van der Waals surface area contributed by atoms with E-state index >= 15 is 0 Å². The molecule has 0 aliphatic rings. The highest BCUT2D eigenvalue weighted by Gasteiger charge is 2.10. The largest absolute Gasteiger partial charge is 0.493 e. The first-order chi connectivity index (χ1) is 13.9. The van der Waals surface area contributed by atoms with Gasteiger partial charge in [0.2, 0.25) is 11.8 Å². The Morgan fingerprint density at radius 2 is 2.00 bits per heavy atom. The van der Waals surface area contributed by atoms with Crippen LogP contribution in [0.2, 0.25) is 0 Å². The zero-order valence-electron chi connectivity index (χ0n) is 15.4. The van der Waals surface area contributed by atoms with Crippen LogP contribution >= 0.6 is 0 Å². The fraction of sp³-hybridized carbons (Fsp3) is 0.143. The number of amides is 2. The number of carbonyl (C=O) groups is 2. The summed E-state index contributed by atoms with van der Waals surface area (Å²) in [4.78, 5) is 23.8. The molecule has 0 bridgehead atoms. The van der Waals surface area contributed by atoms with Gasteiger partial charge in [0.15, 0.2) is 11.5 Å². The summed E-state index contributed by atoms with van der Waals surface area (Å²) in [6.07, 6.45) is 7.95. The Morgan fingerprint density at radius 1 is 1.21 bits per heavy atom. The highest BCUT2D eigenvalue weighted by molar-refractivity contribution is 5.98. The molecule has 2 N–H and O–H groups in total. The maximum absolute atomic E-state index is 12.3. The summed E-state index contributed by atoms with van der Waals surface area (Å²) in [6, 6.07) is 11.0. The Labute approximate surface area is 166 Å². The Morgan fingerprint density at radius 3 is 2.69 bits per heavy atom. The van der Waals surface area contributed by atoms with Crippen LogP contribution in [0.1, 0.15) is 11.1 Å². The number of terminal acetylenes is 1. The van der Waals surface area contributed by atoms with E-state index in [0.29, 0.717) is 16.8 Å². The number of alkyl halides is 2. The second-order valence-electron chi connectivity index (χ2n) is 5.61. The van der Waals surface area contributed by atoms with Crippen LogP contribution in [0.4, 0.5) is 14.5 Å². The lowest BCUT2D eigenvalue weighted by atomic mass is 10.2. The van der Waals surface area contributed by atoms with Gasteiger partial charge in [0, 0.05) is 17.3 Å². The summed E-state index contributed by atoms with van der Waals surface area (Å²) < 4.78 is 34.0. The van der Waals surface area contributed by atoms with Crippen molar-refractivity contribution in [2.24, 2.45) is 0 Å². The molecule has 0 heterocycles. The molecule has 2 amide bonds. The number of anilines is 1. The number of ether oxygens (including phenoxy) is 2. The lowest BCUT2D eigenvalue weighted by Gasteiger charge is -2.10. The minimum absolute atomic E-state index is 0.0986. The third-order valence-corrected chi connectivity index (χ3v) is 3.57. The van der Waals surface area contributed by atoms with Crippen molar-refractivity contribution in [1.82, 2.24) is 5.32 Å². The van der Waals surface area contributed by atoms with Crippen LogP contribution in [-0.2, 0) is 9.59 Å². The minimum atomic E-state index is -2.98. The van der Waals surface area contributed by atoms with E-state index in [-0.39, 0.29) is 18.0 Å². The van der Waals surface area contributed by atoms with E-state index in [9.17, 15) is 18.4 Å². The summed E-state index contributed by atoms with van der Waals surface area (Å²) in [6.45, 7) is -3.22. The average molecular weight is 400 g/mol. The zero-order valence-corrected chi connectivity index (χ0v) is 15.4. The maximum Gasteiger partial charge on any atom is 0.387 e. The molecule has 150 valence electrons. The van der Waals surface area contributed by atoms with Crippen LogP contribution in [-0.4, -0.2) is 32.1 Å². The lowest BCUT2D eigenvalue weighted by Crippen LogP contribution is -2.31. The third kappa shape index (κ3) is 6.99. The van der Waals surface area contributed by atoms with Gasteiger partial charge in [0.05, 0.1) is 13.7 Å². The molecule has 0 aromatic heterocycles. The van der Waals surface area contributed by atoms with Crippen LogP contribution in [0.25, 0.3) is 6.08 Å². The average Bonchev–Trinajstić information content (AvgIpc) is 2.71. The van der Waals surface area contributed by atoms with Crippen molar-refractivity contribution in [3.63, 3.8) is 0 Å². The van der Waals surface area contributed by atoms with Gasteiger partial charge in [-0.3, -0.25) is 9.59 Å². The Bertz CT molecular complexity index is 952. The maximum atomic E-state index is 12.3. The van der Waals surface area contributed by atoms with E-state index in [1.165, 1.54) is 37.5 Å². The molecule has 0 atom stereocenters. The summed E-state index contributed by atoms with van der Waals surface area (Å²) in [5.74, 6) is 1.51. The number of methoxy groups -OCH3 is 1. The molecule has 0 aliphatic heterocycles. The Hall–Kier alpha value is -3.86. The molecule has 6 nitrogen and oxygen atoms in total. The van der Waals surface area contributed by atoms with E-state index < -0.39 is 18.4 Å². The quantitative estimate of drug-likeness (QED) is 0.528. The second kappa shape index (κ2) is 10.5. The van der Waals surface area contributed by atoms with Crippen molar-refractivity contribution < 1.29 is 27.8 Å². The molecule has 2 aromatic rings. The number of benzene rings is 2. The van der Waals surface area contributed by atoms with Gasteiger partial charge in [-0.2, -0.15) is 8.78 Å². The molecule has 0 saturated heterocycles. The fourth-order valence-corrected chi connectivity index (χ4v) is 2.27. The van der Waals surface area contributed by atoms with Gasteiger partial charge in [-0.1, -0.05) is 18.1 Å². The van der Waals surface area contributed by atoms with Gasteiger partial charge in [-0.15, -0.1) is 6.42 Å². The van der Waals surface area contributed by atoms with Crippen molar-refractivity contribution in [2.45, 2.75) is 6.61 Å². The second-order valence-corrected chi connectivity index (χ2v) is 5.61. The molecule has 2 rings (SSSR count). The van der Waals surface area contributed by atoms with E-state index in [4.69, 9.17) is 11.2 Å². The zero-order chi connectivity index (χ0) is 21.2. The summed E-state index contributed by atoms with van der Waals surface area (Å²) in [5.41, 5.74) is 1.66. The van der Waals surface area contributed by atoms with Crippen molar-refractivity contribution in [3.8, 4) is 23.8 Å². The number of hydrogen-bond acceptors (Lipinski definition) is 4. The molecule has 0 unspecified atom stereocenters. The van der Waals surface area contributed by atoms with Gasteiger partial charge in [0.1, 0.15) is 0 Å². The van der Waals surface area contributed by atoms with Crippen molar-refractivity contribution in [2.75, 3.05) is 19.0 Å². The molecule has 29 heavy (non-hydrogen) atoms. The number of rotatable bonds is 8. The first kappa shape index (κ1) is 21.4. The predicted molar refractivity (Wildman–Crippen MR) is 105 cm³/mol. The van der Waals surface area contributed by atoms with Crippen LogP contribution in [0.15, 0.2) is 48.5 Å². The molecule has 0 aliphatic carbocycles. The minimum Gasteiger partial charge on any atom is -0.493 e. The highest BCUT2D eigenvalue weighted by Crippen LogP contribution is 2.29. The standard InChI is InChI=1S/C21H18F2N2O4/c1-3-14-5-4-6-16(11-14)25-20(27)13-24-19(26)10-8-15-7-9-17(29-21(22)23)18(12-15)28-2/h1,4-12,21H,13H2,2H3,(H,24,26)(H,25,27)/b10-8+. The van der Waals surface area contributed by atoms with Gasteiger partial charge in [-0.05, 0) is 42.0 Å². The lowest BCUT2D eigenvalue weighted by molar-refractivity contribution is -0.121. The number of nitrogens with one attached hydrogen (secondary N) is 2. The third-order valence-electron chi connectivity index (χ3n) is 3.57. The van der Waals surface area contributed by atoms with E-state index in [1.54, 1.807) is 24.3 Å². The Balaban J connectivity index is 1.89. The molecular formula is C21H18F2N2O4. The van der Waals surface area contributed by atoms with Crippen molar-refractivity contribution in [1.29, 1.82) is 0 Å². The van der Waals surface area contributed by atoms with Gasteiger partial charge in [-0.25, -0.2) is 0 Å². The number of carbonyl (C=O) groups excluding carboxylic acids is 2. The van der Waals surface area contributed by atoms with Crippen molar-refractivity contribution >= 4 is 23.6 Å². The van der Waals surface area contributed by atoms with Crippen LogP contribution in [0.3, 0.4) is 0 Å². The van der Waals surface area contributed by atoms with E-state index in [0.717, 1.165) is 0 Å². The number of halogens is 2. The topological polar surface area (TPSA) is 76.7 Å². The fourth-order valence-electron chi connectivity index (χ4n) is 2.27. The molecular weight excluding hydrogens is 382 g/mol. The smallest absolute Gasteiger partial charge is 0.387 e. The SMILES string of the molecule is C#Cc1cccc(NC(=O)CNC(=O)/C=C/c2ccc(OC(F)F)c(OC)c2)c1. The van der Waals surface area contributed by atoms with Gasteiger partial charge >= 0.3 is 6.61 Å². The summed E-state index contributed by atoms with van der Waals surface area (Å²) in [5, 5.41) is 5.05. The Kier molecular flexibility index (Phi) is 7.74. The molecule has 2 aromatic carbocycles. The molecule has 0 fully saturated rings. The first-order valence-corrected chi connectivity index (χ1v) is 8.36. The monoisotopic (exact) mass is 400 g/mol. The van der Waals surface area contributed by atoms with Crippen molar-refractivity contribution in [3.05, 3.63) is 59.7 Å².